The van der Waals surface area contributed by atoms with E-state index in [-0.39, 0.29) is 17.7 Å². The summed E-state index contributed by atoms with van der Waals surface area (Å²) in [6.07, 6.45) is 5.38. The zero-order chi connectivity index (χ0) is 19.8. The van der Waals surface area contributed by atoms with Crippen LogP contribution in [-0.4, -0.2) is 29.8 Å². The summed E-state index contributed by atoms with van der Waals surface area (Å²) in [7, 11) is 0. The van der Waals surface area contributed by atoms with Crippen LogP contribution in [0.25, 0.3) is 0 Å². The number of carbonyl (C=O) groups excluding carboxylic acids is 2. The number of benzene rings is 2. The summed E-state index contributed by atoms with van der Waals surface area (Å²) in [6.45, 7) is 3.50. The maximum absolute atomic E-state index is 12.6. The fraction of sp³-hybridized carbons (Fsp3) is 0.417. The maximum atomic E-state index is 12.6. The number of para-hydroxylation sites is 1. The molecule has 0 unspecified atom stereocenters. The topological polar surface area (TPSA) is 49.4 Å². The van der Waals surface area contributed by atoms with Crippen LogP contribution in [0.4, 0.5) is 5.69 Å². The molecule has 0 bridgehead atoms. The molecule has 0 saturated carbocycles. The molecule has 0 atom stereocenters. The number of aryl methyl sites for hydroxylation is 1. The van der Waals surface area contributed by atoms with Gasteiger partial charge in [0, 0.05) is 24.7 Å². The Labute approximate surface area is 167 Å². The second kappa shape index (κ2) is 10.1. The molecule has 4 heteroatoms. The lowest BCUT2D eigenvalue weighted by atomic mass is 9.95. The zero-order valence-electron chi connectivity index (χ0n) is 16.7. The van der Waals surface area contributed by atoms with Crippen LogP contribution < -0.4 is 5.32 Å². The number of carbonyl (C=O) groups is 2. The van der Waals surface area contributed by atoms with Gasteiger partial charge in [-0.05, 0) is 48.9 Å². The Morgan fingerprint density at radius 3 is 2.25 bits per heavy atom. The van der Waals surface area contributed by atoms with Gasteiger partial charge in [0.25, 0.3) is 0 Å². The van der Waals surface area contributed by atoms with Crippen molar-refractivity contribution < 1.29 is 9.59 Å². The van der Waals surface area contributed by atoms with Crippen molar-refractivity contribution in [1.29, 1.82) is 0 Å². The lowest BCUT2D eigenvalue weighted by Gasteiger charge is -2.31. The first-order valence-corrected chi connectivity index (χ1v) is 10.4. The van der Waals surface area contributed by atoms with Crippen molar-refractivity contribution in [2.75, 3.05) is 18.4 Å². The van der Waals surface area contributed by atoms with Crippen LogP contribution in [0.5, 0.6) is 0 Å². The summed E-state index contributed by atoms with van der Waals surface area (Å²) >= 11 is 0. The number of piperidine rings is 1. The molecule has 1 N–H and O–H groups in total. The maximum Gasteiger partial charge on any atom is 0.227 e. The third-order valence-corrected chi connectivity index (χ3v) is 5.46. The van der Waals surface area contributed by atoms with Gasteiger partial charge in [0.2, 0.25) is 11.8 Å². The molecule has 1 aliphatic heterocycles. The van der Waals surface area contributed by atoms with Gasteiger partial charge in [-0.3, -0.25) is 9.59 Å². The van der Waals surface area contributed by atoms with Gasteiger partial charge < -0.3 is 10.2 Å². The van der Waals surface area contributed by atoms with Gasteiger partial charge in [0.1, 0.15) is 0 Å². The number of rotatable bonds is 7. The molecule has 148 valence electrons. The van der Waals surface area contributed by atoms with Gasteiger partial charge >= 0.3 is 0 Å². The molecule has 4 nitrogen and oxygen atoms in total. The van der Waals surface area contributed by atoms with Crippen LogP contribution in [0, 0.1) is 5.92 Å². The summed E-state index contributed by atoms with van der Waals surface area (Å²) in [6, 6.07) is 18.0. The molecule has 2 aromatic carbocycles. The first kappa shape index (κ1) is 20.1. The minimum atomic E-state index is -0.0258. The van der Waals surface area contributed by atoms with E-state index in [9.17, 15) is 9.59 Å². The van der Waals surface area contributed by atoms with Crippen LogP contribution >= 0.6 is 0 Å². The molecule has 0 spiro atoms. The van der Waals surface area contributed by atoms with Crippen LogP contribution in [0.3, 0.4) is 0 Å². The highest BCUT2D eigenvalue weighted by Crippen LogP contribution is 2.20. The lowest BCUT2D eigenvalue weighted by molar-refractivity contribution is -0.133. The van der Waals surface area contributed by atoms with E-state index in [1.165, 1.54) is 18.4 Å². The molecule has 2 aromatic rings. The first-order valence-electron chi connectivity index (χ1n) is 10.4. The van der Waals surface area contributed by atoms with Crippen molar-refractivity contribution in [2.45, 2.75) is 45.4 Å². The van der Waals surface area contributed by atoms with Gasteiger partial charge in [-0.25, -0.2) is 0 Å². The first-order chi connectivity index (χ1) is 13.7. The van der Waals surface area contributed by atoms with E-state index in [1.807, 2.05) is 35.2 Å². The number of hydrogen-bond donors (Lipinski definition) is 1. The summed E-state index contributed by atoms with van der Waals surface area (Å²) in [5.74, 6) is 0.186. The Morgan fingerprint density at radius 1 is 0.964 bits per heavy atom. The molecule has 28 heavy (non-hydrogen) atoms. The summed E-state index contributed by atoms with van der Waals surface area (Å²) < 4.78 is 0. The van der Waals surface area contributed by atoms with Crippen molar-refractivity contribution in [1.82, 2.24) is 4.90 Å². The molecule has 1 fully saturated rings. The third-order valence-electron chi connectivity index (χ3n) is 5.46. The lowest BCUT2D eigenvalue weighted by Crippen LogP contribution is -2.42. The van der Waals surface area contributed by atoms with E-state index in [1.54, 1.807) is 0 Å². The smallest absolute Gasteiger partial charge is 0.227 e. The van der Waals surface area contributed by atoms with E-state index in [4.69, 9.17) is 0 Å². The van der Waals surface area contributed by atoms with Crippen LogP contribution in [0.2, 0.25) is 0 Å². The minimum Gasteiger partial charge on any atom is -0.342 e. The van der Waals surface area contributed by atoms with Crippen molar-refractivity contribution >= 4 is 17.5 Å². The summed E-state index contributed by atoms with van der Waals surface area (Å²) in [5.41, 5.74) is 3.23. The fourth-order valence-electron chi connectivity index (χ4n) is 3.65. The monoisotopic (exact) mass is 378 g/mol. The predicted octanol–water partition coefficient (Wildman–Crippen LogP) is 4.45. The highest BCUT2D eigenvalue weighted by atomic mass is 16.2. The molecule has 1 aliphatic rings. The highest BCUT2D eigenvalue weighted by Gasteiger charge is 2.27. The van der Waals surface area contributed by atoms with Gasteiger partial charge in [-0.15, -0.1) is 0 Å². The number of nitrogens with one attached hydrogen (secondary N) is 1. The summed E-state index contributed by atoms with van der Waals surface area (Å²) in [5, 5.41) is 2.97. The fourth-order valence-corrected chi connectivity index (χ4v) is 3.65. The average molecular weight is 379 g/mol. The van der Waals surface area contributed by atoms with Gasteiger partial charge in [0.05, 0.1) is 6.42 Å². The van der Waals surface area contributed by atoms with Gasteiger partial charge in [-0.2, -0.15) is 0 Å². The Bertz CT molecular complexity index is 763. The number of nitrogens with zero attached hydrogens (tertiary/aromatic N) is 1. The molecule has 0 aromatic heterocycles. The van der Waals surface area contributed by atoms with Crippen LogP contribution in [0.1, 0.15) is 43.7 Å². The minimum absolute atomic E-state index is 0.0258. The quantitative estimate of drug-likeness (QED) is 0.774. The van der Waals surface area contributed by atoms with Crippen LogP contribution in [0.15, 0.2) is 54.6 Å². The number of anilines is 1. The molecule has 2 amide bonds. The van der Waals surface area contributed by atoms with Crippen molar-refractivity contribution in [3.63, 3.8) is 0 Å². The van der Waals surface area contributed by atoms with Crippen LogP contribution in [-0.2, 0) is 22.4 Å². The normalized spacial score (nSPS) is 14.7. The Hall–Kier alpha value is -2.62. The van der Waals surface area contributed by atoms with Crippen molar-refractivity contribution in [3.8, 4) is 0 Å². The molecule has 0 radical (unpaired) electrons. The predicted molar refractivity (Wildman–Crippen MR) is 113 cm³/mol. The van der Waals surface area contributed by atoms with Crippen molar-refractivity contribution in [3.05, 3.63) is 65.7 Å². The Kier molecular flexibility index (Phi) is 7.24. The van der Waals surface area contributed by atoms with E-state index in [2.05, 4.69) is 36.5 Å². The molecule has 1 heterocycles. The second-order valence-electron chi connectivity index (χ2n) is 7.61. The molecular weight excluding hydrogens is 348 g/mol. The largest absolute Gasteiger partial charge is 0.342 e. The van der Waals surface area contributed by atoms with E-state index in [0.29, 0.717) is 19.5 Å². The molecule has 3 rings (SSSR count). The number of hydrogen-bond acceptors (Lipinski definition) is 2. The molecule has 1 saturated heterocycles. The second-order valence-corrected chi connectivity index (χ2v) is 7.61. The summed E-state index contributed by atoms with van der Waals surface area (Å²) in [4.78, 5) is 26.9. The van der Waals surface area contributed by atoms with Gasteiger partial charge in [0.15, 0.2) is 0 Å². The van der Waals surface area contributed by atoms with E-state index >= 15 is 0 Å². The van der Waals surface area contributed by atoms with E-state index < -0.39 is 0 Å². The highest BCUT2D eigenvalue weighted by molar-refractivity contribution is 5.92. The third kappa shape index (κ3) is 5.69. The van der Waals surface area contributed by atoms with E-state index in [0.717, 1.165) is 30.5 Å². The Morgan fingerprint density at radius 2 is 1.61 bits per heavy atom. The SMILES string of the molecule is CCCCc1ccc(CC(=O)N2CCC(C(=O)Nc3ccccc3)CC2)cc1. The Balaban J connectivity index is 1.45. The number of unbranched alkanes of at least 4 members (excludes halogenated alkanes) is 1. The average Bonchev–Trinajstić information content (AvgIpc) is 2.74. The molecular formula is C24H30N2O2. The zero-order valence-corrected chi connectivity index (χ0v) is 16.7. The molecule has 0 aliphatic carbocycles. The van der Waals surface area contributed by atoms with Gasteiger partial charge in [-0.1, -0.05) is 55.8 Å². The van der Waals surface area contributed by atoms with Crippen molar-refractivity contribution in [2.24, 2.45) is 5.92 Å². The standard InChI is InChI=1S/C24H30N2O2/c1-2-3-7-19-10-12-20(13-11-19)18-23(27)26-16-14-21(15-17-26)24(28)25-22-8-5-4-6-9-22/h4-6,8-13,21H,2-3,7,14-18H2,1H3,(H,25,28). The number of amides is 2. The number of likely N-dealkylation sites (tertiary alicyclic amines) is 1.